The summed E-state index contributed by atoms with van der Waals surface area (Å²) in [5.41, 5.74) is 0. The van der Waals surface area contributed by atoms with Gasteiger partial charge in [-0.05, 0) is 25.8 Å². The number of nitrogens with zero attached hydrogens (tertiary/aromatic N) is 3. The van der Waals surface area contributed by atoms with Crippen molar-refractivity contribution in [3.63, 3.8) is 0 Å². The van der Waals surface area contributed by atoms with Crippen molar-refractivity contribution in [2.24, 2.45) is 5.92 Å². The molecule has 20 heavy (non-hydrogen) atoms. The Labute approximate surface area is 122 Å². The summed E-state index contributed by atoms with van der Waals surface area (Å²) in [5.74, 6) is 0.784. The van der Waals surface area contributed by atoms with E-state index in [0.29, 0.717) is 12.5 Å². The smallest absolute Gasteiger partial charge is 0.236 e. The minimum absolute atomic E-state index is 0.0234. The summed E-state index contributed by atoms with van der Waals surface area (Å²) in [5, 5.41) is 0. The normalized spacial score (nSPS) is 16.2. The van der Waals surface area contributed by atoms with E-state index in [9.17, 15) is 9.59 Å². The van der Waals surface area contributed by atoms with Crippen molar-refractivity contribution >= 4 is 11.8 Å². The van der Waals surface area contributed by atoms with E-state index in [4.69, 9.17) is 0 Å². The van der Waals surface area contributed by atoms with Crippen molar-refractivity contribution in [2.45, 2.75) is 32.1 Å². The molecular formula is C15H29N3O2. The topological polar surface area (TPSA) is 43.9 Å². The lowest BCUT2D eigenvalue weighted by atomic mass is 9.89. The Morgan fingerprint density at radius 3 is 2.00 bits per heavy atom. The molecule has 5 nitrogen and oxygen atoms in total. The molecule has 0 aromatic carbocycles. The second-order valence-electron chi connectivity index (χ2n) is 6.24. The monoisotopic (exact) mass is 283 g/mol. The van der Waals surface area contributed by atoms with Crippen molar-refractivity contribution in [2.75, 3.05) is 47.8 Å². The van der Waals surface area contributed by atoms with Gasteiger partial charge < -0.3 is 9.80 Å². The molecule has 5 heteroatoms. The van der Waals surface area contributed by atoms with Crippen molar-refractivity contribution in [1.82, 2.24) is 14.7 Å². The Kier molecular flexibility index (Phi) is 6.99. The lowest BCUT2D eigenvalue weighted by molar-refractivity contribution is -0.133. The highest BCUT2D eigenvalue weighted by atomic mass is 16.2. The third-order valence-corrected chi connectivity index (χ3v) is 3.99. The molecule has 0 spiro atoms. The van der Waals surface area contributed by atoms with Gasteiger partial charge in [-0.1, -0.05) is 19.3 Å². The number of amides is 2. The Morgan fingerprint density at radius 2 is 1.45 bits per heavy atom. The number of rotatable bonds is 6. The minimum atomic E-state index is 0.0234. The highest BCUT2D eigenvalue weighted by Gasteiger charge is 2.19. The van der Waals surface area contributed by atoms with E-state index >= 15 is 0 Å². The molecule has 1 saturated carbocycles. The molecule has 1 rings (SSSR count). The maximum absolute atomic E-state index is 12.1. The van der Waals surface area contributed by atoms with E-state index in [2.05, 4.69) is 0 Å². The molecule has 1 aliphatic carbocycles. The Bertz CT molecular complexity index is 325. The summed E-state index contributed by atoms with van der Waals surface area (Å²) < 4.78 is 0. The predicted molar refractivity (Wildman–Crippen MR) is 80.4 cm³/mol. The molecule has 0 bridgehead atoms. The molecule has 0 aromatic heterocycles. The maximum Gasteiger partial charge on any atom is 0.236 e. The van der Waals surface area contributed by atoms with Gasteiger partial charge in [0.25, 0.3) is 0 Å². The first-order chi connectivity index (χ1) is 9.40. The molecule has 0 atom stereocenters. The number of hydrogen-bond donors (Lipinski definition) is 0. The third-order valence-electron chi connectivity index (χ3n) is 3.99. The summed E-state index contributed by atoms with van der Waals surface area (Å²) in [6.45, 7) is 1.45. The first-order valence-electron chi connectivity index (χ1n) is 7.52. The van der Waals surface area contributed by atoms with Gasteiger partial charge in [0.05, 0.1) is 13.1 Å². The summed E-state index contributed by atoms with van der Waals surface area (Å²) in [6, 6.07) is 0. The molecule has 0 aliphatic heterocycles. The van der Waals surface area contributed by atoms with Crippen LogP contribution in [-0.4, -0.2) is 74.3 Å². The quantitative estimate of drug-likeness (QED) is 0.732. The van der Waals surface area contributed by atoms with Gasteiger partial charge in [0.2, 0.25) is 11.8 Å². The molecule has 0 radical (unpaired) electrons. The molecule has 1 fully saturated rings. The first-order valence-corrected chi connectivity index (χ1v) is 7.52. The van der Waals surface area contributed by atoms with E-state index in [1.54, 1.807) is 23.9 Å². The van der Waals surface area contributed by atoms with Crippen LogP contribution in [0.4, 0.5) is 0 Å². The molecule has 0 saturated heterocycles. The number of hydrogen-bond acceptors (Lipinski definition) is 3. The molecule has 0 aromatic rings. The zero-order chi connectivity index (χ0) is 15.1. The number of carbonyl (C=O) groups excluding carboxylic acids is 2. The van der Waals surface area contributed by atoms with Crippen molar-refractivity contribution in [3.05, 3.63) is 0 Å². The predicted octanol–water partition coefficient (Wildman–Crippen LogP) is 1.05. The standard InChI is InChI=1S/C15H29N3O2/c1-16(2)14(19)11-17(3)12-15(20)18(4)10-13-8-6-5-7-9-13/h13H,5-12H2,1-4H3. The fourth-order valence-electron chi connectivity index (χ4n) is 2.64. The molecule has 116 valence electrons. The van der Waals surface area contributed by atoms with Crippen LogP contribution in [0.25, 0.3) is 0 Å². The van der Waals surface area contributed by atoms with Gasteiger partial charge >= 0.3 is 0 Å². The lowest BCUT2D eigenvalue weighted by Crippen LogP contribution is -2.42. The second-order valence-corrected chi connectivity index (χ2v) is 6.24. The van der Waals surface area contributed by atoms with Crippen LogP contribution in [0.2, 0.25) is 0 Å². The Balaban J connectivity index is 2.31. The fourth-order valence-corrected chi connectivity index (χ4v) is 2.64. The van der Waals surface area contributed by atoms with Gasteiger partial charge in [-0.3, -0.25) is 14.5 Å². The van der Waals surface area contributed by atoms with Crippen LogP contribution in [0.15, 0.2) is 0 Å². The zero-order valence-corrected chi connectivity index (χ0v) is 13.4. The Hall–Kier alpha value is -1.10. The van der Waals surface area contributed by atoms with E-state index in [-0.39, 0.29) is 18.4 Å². The van der Waals surface area contributed by atoms with Crippen LogP contribution < -0.4 is 0 Å². The van der Waals surface area contributed by atoms with Crippen LogP contribution in [0, 0.1) is 5.92 Å². The van der Waals surface area contributed by atoms with E-state index < -0.39 is 0 Å². The van der Waals surface area contributed by atoms with Crippen molar-refractivity contribution in [1.29, 1.82) is 0 Å². The lowest BCUT2D eigenvalue weighted by Gasteiger charge is -2.28. The van der Waals surface area contributed by atoms with Crippen LogP contribution in [0.1, 0.15) is 32.1 Å². The van der Waals surface area contributed by atoms with Gasteiger partial charge in [0.15, 0.2) is 0 Å². The van der Waals surface area contributed by atoms with Gasteiger partial charge in [0, 0.05) is 27.7 Å². The Morgan fingerprint density at radius 1 is 0.900 bits per heavy atom. The molecule has 0 heterocycles. The van der Waals surface area contributed by atoms with Gasteiger partial charge in [-0.15, -0.1) is 0 Å². The average molecular weight is 283 g/mol. The molecule has 2 amide bonds. The third kappa shape index (κ3) is 5.90. The van der Waals surface area contributed by atoms with Crippen LogP contribution in [0.5, 0.6) is 0 Å². The highest BCUT2D eigenvalue weighted by Crippen LogP contribution is 2.24. The van der Waals surface area contributed by atoms with Gasteiger partial charge in [0.1, 0.15) is 0 Å². The summed E-state index contributed by atoms with van der Waals surface area (Å²) in [4.78, 5) is 28.9. The van der Waals surface area contributed by atoms with Crippen molar-refractivity contribution in [3.8, 4) is 0 Å². The summed E-state index contributed by atoms with van der Waals surface area (Å²) >= 11 is 0. The number of carbonyl (C=O) groups is 2. The van der Waals surface area contributed by atoms with E-state index in [1.165, 1.54) is 32.1 Å². The van der Waals surface area contributed by atoms with Crippen LogP contribution >= 0.6 is 0 Å². The molecule has 0 unspecified atom stereocenters. The SMILES string of the molecule is CN(CC(=O)N(C)C)CC(=O)N(C)CC1CCCCC1. The fraction of sp³-hybridized carbons (Fsp3) is 0.867. The maximum atomic E-state index is 12.1. The highest BCUT2D eigenvalue weighted by molar-refractivity contribution is 5.80. The van der Waals surface area contributed by atoms with Gasteiger partial charge in [-0.25, -0.2) is 0 Å². The minimum Gasteiger partial charge on any atom is -0.348 e. The first kappa shape index (κ1) is 17.0. The molecule has 1 aliphatic rings. The second kappa shape index (κ2) is 8.25. The van der Waals surface area contributed by atoms with E-state index in [0.717, 1.165) is 6.54 Å². The molecule has 0 N–H and O–H groups in total. The molecular weight excluding hydrogens is 254 g/mol. The van der Waals surface area contributed by atoms with Crippen molar-refractivity contribution < 1.29 is 9.59 Å². The average Bonchev–Trinajstić information content (AvgIpc) is 2.39. The summed E-state index contributed by atoms with van der Waals surface area (Å²) in [6.07, 6.45) is 6.41. The number of likely N-dealkylation sites (N-methyl/N-ethyl adjacent to an activating group) is 3. The zero-order valence-electron chi connectivity index (χ0n) is 13.4. The van der Waals surface area contributed by atoms with Crippen LogP contribution in [-0.2, 0) is 9.59 Å². The van der Waals surface area contributed by atoms with Gasteiger partial charge in [-0.2, -0.15) is 0 Å². The largest absolute Gasteiger partial charge is 0.348 e. The van der Waals surface area contributed by atoms with Crippen LogP contribution in [0.3, 0.4) is 0 Å². The van der Waals surface area contributed by atoms with E-state index in [1.807, 2.05) is 19.0 Å². The summed E-state index contributed by atoms with van der Waals surface area (Å²) in [7, 11) is 7.15.